The molecule has 0 radical (unpaired) electrons. The van der Waals surface area contributed by atoms with Gasteiger partial charge in [0, 0.05) is 18.1 Å². The second kappa shape index (κ2) is 6.45. The summed E-state index contributed by atoms with van der Waals surface area (Å²) in [5.74, 6) is 0. The molecule has 0 saturated carbocycles. The third kappa shape index (κ3) is 3.44. The molecule has 2 N–H and O–H groups in total. The minimum atomic E-state index is -0.390. The molecule has 110 valence electrons. The van der Waals surface area contributed by atoms with Crippen molar-refractivity contribution in [3.8, 4) is 0 Å². The Hall–Kier alpha value is -2.27. The number of nitrogens with zero attached hydrogens (tertiary/aromatic N) is 1. The maximum absolute atomic E-state index is 11.3. The Kier molecular flexibility index (Phi) is 4.65. The quantitative estimate of drug-likeness (QED) is 0.632. The Bertz CT molecular complexity index is 661. The van der Waals surface area contributed by atoms with Crippen LogP contribution < -0.4 is 10.6 Å². The van der Waals surface area contributed by atoms with Gasteiger partial charge in [-0.3, -0.25) is 10.1 Å². The van der Waals surface area contributed by atoms with Gasteiger partial charge < -0.3 is 10.6 Å². The molecule has 0 bridgehead atoms. The largest absolute Gasteiger partial charge is 0.382 e. The molecule has 21 heavy (non-hydrogen) atoms. The van der Waals surface area contributed by atoms with E-state index in [1.54, 1.807) is 31.3 Å². The second-order valence-electron chi connectivity index (χ2n) is 4.63. The van der Waals surface area contributed by atoms with E-state index in [0.29, 0.717) is 16.4 Å². The smallest absolute Gasteiger partial charge is 0.315 e. The molecule has 0 spiro atoms. The Morgan fingerprint density at radius 2 is 1.86 bits per heavy atom. The van der Waals surface area contributed by atoms with Crippen molar-refractivity contribution in [2.45, 2.75) is 13.0 Å². The molecule has 6 heteroatoms. The van der Waals surface area contributed by atoms with Crippen LogP contribution in [0.25, 0.3) is 0 Å². The lowest BCUT2D eigenvalue weighted by Gasteiger charge is -2.17. The van der Waals surface area contributed by atoms with E-state index in [1.807, 2.05) is 25.1 Å². The topological polar surface area (TPSA) is 67.2 Å². The van der Waals surface area contributed by atoms with Gasteiger partial charge in [0.05, 0.1) is 4.92 Å². The maximum Gasteiger partial charge on any atom is 0.315 e. The molecule has 1 atom stereocenters. The first-order chi connectivity index (χ1) is 10.0. The van der Waals surface area contributed by atoms with Gasteiger partial charge in [-0.1, -0.05) is 29.8 Å². The number of hydrogen-bond donors (Lipinski definition) is 2. The molecular weight excluding hydrogens is 290 g/mol. The molecule has 2 aromatic rings. The zero-order valence-corrected chi connectivity index (χ0v) is 12.5. The van der Waals surface area contributed by atoms with E-state index in [9.17, 15) is 10.1 Å². The molecule has 0 heterocycles. The van der Waals surface area contributed by atoms with Crippen molar-refractivity contribution in [1.29, 1.82) is 0 Å². The van der Waals surface area contributed by atoms with Crippen LogP contribution in [-0.2, 0) is 0 Å². The minimum absolute atomic E-state index is 0.0360. The number of anilines is 2. The Morgan fingerprint density at radius 3 is 2.48 bits per heavy atom. The summed E-state index contributed by atoms with van der Waals surface area (Å²) in [5, 5.41) is 17.9. The highest BCUT2D eigenvalue weighted by Crippen LogP contribution is 2.34. The van der Waals surface area contributed by atoms with E-state index in [1.165, 1.54) is 0 Å². The van der Waals surface area contributed by atoms with Crippen molar-refractivity contribution in [2.75, 3.05) is 17.7 Å². The highest BCUT2D eigenvalue weighted by Gasteiger charge is 2.20. The van der Waals surface area contributed by atoms with Crippen LogP contribution in [0, 0.1) is 10.1 Å². The number of hydrogen-bond acceptors (Lipinski definition) is 4. The second-order valence-corrected chi connectivity index (χ2v) is 5.07. The molecule has 0 aliphatic heterocycles. The summed E-state index contributed by atoms with van der Waals surface area (Å²) in [7, 11) is 1.66. The monoisotopic (exact) mass is 305 g/mol. The first-order valence-electron chi connectivity index (χ1n) is 6.50. The third-order valence-corrected chi connectivity index (χ3v) is 3.44. The van der Waals surface area contributed by atoms with Gasteiger partial charge in [-0.05, 0) is 36.8 Å². The van der Waals surface area contributed by atoms with Crippen LogP contribution in [0.4, 0.5) is 17.1 Å². The fourth-order valence-corrected chi connectivity index (χ4v) is 2.35. The number of nitro benzene ring substituents is 1. The normalized spacial score (nSPS) is 11.8. The number of para-hydroxylation sites is 1. The molecule has 0 aliphatic rings. The molecule has 1 unspecified atom stereocenters. The Morgan fingerprint density at radius 1 is 1.19 bits per heavy atom. The first-order valence-corrected chi connectivity index (χ1v) is 6.88. The van der Waals surface area contributed by atoms with Crippen LogP contribution in [0.1, 0.15) is 18.5 Å². The van der Waals surface area contributed by atoms with E-state index >= 15 is 0 Å². The van der Waals surface area contributed by atoms with Crippen LogP contribution in [0.3, 0.4) is 0 Å². The van der Waals surface area contributed by atoms with Gasteiger partial charge in [-0.25, -0.2) is 0 Å². The highest BCUT2D eigenvalue weighted by molar-refractivity contribution is 6.30. The van der Waals surface area contributed by atoms with Crippen molar-refractivity contribution in [1.82, 2.24) is 0 Å². The van der Waals surface area contributed by atoms with Gasteiger partial charge >= 0.3 is 5.69 Å². The summed E-state index contributed by atoms with van der Waals surface area (Å²) in [5.41, 5.74) is 1.95. The standard InChI is InChI=1S/C15H16ClN3O2/c1-10(11-5-3-6-12(16)9-11)18-14-8-4-7-13(17-2)15(14)19(20)21/h3-10,17-18H,1-2H3. The van der Waals surface area contributed by atoms with Gasteiger partial charge in [0.15, 0.2) is 0 Å². The van der Waals surface area contributed by atoms with Gasteiger partial charge in [-0.2, -0.15) is 0 Å². The van der Waals surface area contributed by atoms with Gasteiger partial charge in [-0.15, -0.1) is 0 Å². The van der Waals surface area contributed by atoms with Crippen LogP contribution >= 0.6 is 11.6 Å². The summed E-state index contributed by atoms with van der Waals surface area (Å²) < 4.78 is 0. The minimum Gasteiger partial charge on any atom is -0.382 e. The lowest BCUT2D eigenvalue weighted by molar-refractivity contribution is -0.383. The number of halogens is 1. The molecule has 0 amide bonds. The number of benzene rings is 2. The van der Waals surface area contributed by atoms with Gasteiger partial charge in [0.25, 0.3) is 0 Å². The molecule has 5 nitrogen and oxygen atoms in total. The SMILES string of the molecule is CNc1cccc(NC(C)c2cccc(Cl)c2)c1[N+](=O)[O-]. The summed E-state index contributed by atoms with van der Waals surface area (Å²) in [6.07, 6.45) is 0. The third-order valence-electron chi connectivity index (χ3n) is 3.21. The van der Waals surface area contributed by atoms with E-state index in [0.717, 1.165) is 5.56 Å². The summed E-state index contributed by atoms with van der Waals surface area (Å²) in [6.45, 7) is 1.93. The molecule has 2 rings (SSSR count). The number of nitro groups is 1. The molecule has 2 aromatic carbocycles. The lowest BCUT2D eigenvalue weighted by Crippen LogP contribution is -2.09. The number of rotatable bonds is 5. The van der Waals surface area contributed by atoms with Crippen molar-refractivity contribution < 1.29 is 4.92 Å². The Labute approximate surface area is 128 Å². The molecule has 0 aromatic heterocycles. The average Bonchev–Trinajstić information content (AvgIpc) is 2.46. The van der Waals surface area contributed by atoms with Crippen molar-refractivity contribution in [3.05, 3.63) is 63.2 Å². The van der Waals surface area contributed by atoms with Crippen molar-refractivity contribution >= 4 is 28.7 Å². The van der Waals surface area contributed by atoms with Gasteiger partial charge in [0.2, 0.25) is 0 Å². The van der Waals surface area contributed by atoms with Crippen molar-refractivity contribution in [2.24, 2.45) is 0 Å². The summed E-state index contributed by atoms with van der Waals surface area (Å²) >= 11 is 5.98. The molecule has 0 saturated heterocycles. The highest BCUT2D eigenvalue weighted by atomic mass is 35.5. The predicted octanol–water partition coefficient (Wildman–Crippen LogP) is 4.46. The van der Waals surface area contributed by atoms with Crippen LogP contribution in [-0.4, -0.2) is 12.0 Å². The molecule has 0 fully saturated rings. The summed E-state index contributed by atoms with van der Waals surface area (Å²) in [4.78, 5) is 10.9. The lowest BCUT2D eigenvalue weighted by atomic mass is 10.1. The zero-order valence-electron chi connectivity index (χ0n) is 11.8. The van der Waals surface area contributed by atoms with E-state index in [2.05, 4.69) is 10.6 Å². The number of nitrogens with one attached hydrogen (secondary N) is 2. The van der Waals surface area contributed by atoms with E-state index < -0.39 is 4.92 Å². The van der Waals surface area contributed by atoms with Crippen LogP contribution in [0.5, 0.6) is 0 Å². The van der Waals surface area contributed by atoms with Gasteiger partial charge in [0.1, 0.15) is 11.4 Å². The van der Waals surface area contributed by atoms with E-state index in [4.69, 9.17) is 11.6 Å². The van der Waals surface area contributed by atoms with Crippen LogP contribution in [0.15, 0.2) is 42.5 Å². The fraction of sp³-hybridized carbons (Fsp3) is 0.200. The molecular formula is C15H16ClN3O2. The van der Waals surface area contributed by atoms with Crippen molar-refractivity contribution in [3.63, 3.8) is 0 Å². The molecule has 0 aliphatic carbocycles. The van der Waals surface area contributed by atoms with E-state index in [-0.39, 0.29) is 11.7 Å². The fourth-order valence-electron chi connectivity index (χ4n) is 2.15. The van der Waals surface area contributed by atoms with Crippen LogP contribution in [0.2, 0.25) is 5.02 Å². The zero-order chi connectivity index (χ0) is 15.4. The average molecular weight is 306 g/mol. The first kappa shape index (κ1) is 15.1. The summed E-state index contributed by atoms with van der Waals surface area (Å²) in [6, 6.07) is 12.5. The maximum atomic E-state index is 11.3. The predicted molar refractivity (Wildman–Crippen MR) is 86.1 cm³/mol. The Balaban J connectivity index is 2.33.